The zero-order valence-electron chi connectivity index (χ0n) is 17.9. The summed E-state index contributed by atoms with van der Waals surface area (Å²) >= 11 is 0. The van der Waals surface area contributed by atoms with Crippen LogP contribution in [0.5, 0.6) is 5.75 Å². The first-order valence-electron chi connectivity index (χ1n) is 10.7. The number of ether oxygens (including phenoxy) is 2. The second kappa shape index (κ2) is 10.3. The van der Waals surface area contributed by atoms with E-state index in [1.807, 2.05) is 17.0 Å². The third kappa shape index (κ3) is 5.23. The summed E-state index contributed by atoms with van der Waals surface area (Å²) in [5, 5.41) is 0. The van der Waals surface area contributed by atoms with E-state index < -0.39 is 0 Å². The molecule has 30 heavy (non-hydrogen) atoms. The maximum Gasteiger partial charge on any atom is 0.325 e. The monoisotopic (exact) mass is 416 g/mol. The summed E-state index contributed by atoms with van der Waals surface area (Å²) in [5.74, 6) is 0.390. The van der Waals surface area contributed by atoms with Gasteiger partial charge in [-0.2, -0.15) is 0 Å². The first kappa shape index (κ1) is 21.9. The summed E-state index contributed by atoms with van der Waals surface area (Å²) in [6, 6.07) is 5.89. The Balaban J connectivity index is 1.68. The third-order valence-corrected chi connectivity index (χ3v) is 5.69. The number of methoxy groups -OCH3 is 1. The lowest BCUT2D eigenvalue weighted by atomic mass is 9.94. The molecule has 1 saturated carbocycles. The standard InChI is InChI=1S/C22H32N4O4/c1-3-12-26(17-9-5-4-6-10-17)19(27)15-30-18-11-7-8-16-13-25(14-20(28)29-2)22(23)24-21(16)18/h7-8,11,17H,3-6,9-10,12-15H2,1-2H3,(H2,23,24). The van der Waals surface area contributed by atoms with Crippen molar-refractivity contribution in [3.05, 3.63) is 23.8 Å². The van der Waals surface area contributed by atoms with Crippen LogP contribution in [0.25, 0.3) is 0 Å². The van der Waals surface area contributed by atoms with Gasteiger partial charge in [0, 0.05) is 24.7 Å². The second-order valence-electron chi connectivity index (χ2n) is 7.83. The number of carbonyl (C=O) groups is 2. The number of aliphatic imine (C=N–C) groups is 1. The van der Waals surface area contributed by atoms with Crippen LogP contribution >= 0.6 is 0 Å². The molecule has 0 saturated heterocycles. The van der Waals surface area contributed by atoms with Crippen molar-refractivity contribution in [2.45, 2.75) is 58.0 Å². The fourth-order valence-electron chi connectivity index (χ4n) is 4.13. The number of fused-ring (bicyclic) bond motifs is 1. The number of carbonyl (C=O) groups excluding carboxylic acids is 2. The minimum Gasteiger partial charge on any atom is -0.481 e. The van der Waals surface area contributed by atoms with E-state index in [1.165, 1.54) is 26.4 Å². The molecule has 1 aromatic carbocycles. The number of esters is 1. The molecule has 0 radical (unpaired) electrons. The third-order valence-electron chi connectivity index (χ3n) is 5.69. The molecule has 8 heteroatoms. The smallest absolute Gasteiger partial charge is 0.325 e. The van der Waals surface area contributed by atoms with Gasteiger partial charge in [0.15, 0.2) is 12.6 Å². The Bertz CT molecular complexity index is 789. The number of rotatable bonds is 8. The van der Waals surface area contributed by atoms with Crippen LogP contribution in [0.2, 0.25) is 0 Å². The highest BCUT2D eigenvalue weighted by atomic mass is 16.5. The van der Waals surface area contributed by atoms with Crippen molar-refractivity contribution in [1.29, 1.82) is 0 Å². The highest BCUT2D eigenvalue weighted by Gasteiger charge is 2.26. The van der Waals surface area contributed by atoms with Crippen molar-refractivity contribution in [3.63, 3.8) is 0 Å². The Labute approximate surface area is 178 Å². The average molecular weight is 417 g/mol. The van der Waals surface area contributed by atoms with E-state index in [-0.39, 0.29) is 31.0 Å². The van der Waals surface area contributed by atoms with E-state index in [0.29, 0.717) is 24.0 Å². The number of guanidine groups is 1. The number of hydrogen-bond donors (Lipinski definition) is 1. The number of benzene rings is 1. The summed E-state index contributed by atoms with van der Waals surface area (Å²) in [6.07, 6.45) is 6.69. The molecule has 2 N–H and O–H groups in total. The van der Waals surface area contributed by atoms with Gasteiger partial charge in [0.25, 0.3) is 5.91 Å². The zero-order valence-corrected chi connectivity index (χ0v) is 17.9. The lowest BCUT2D eigenvalue weighted by Crippen LogP contribution is -2.44. The highest BCUT2D eigenvalue weighted by Crippen LogP contribution is 2.35. The highest BCUT2D eigenvalue weighted by molar-refractivity contribution is 5.88. The van der Waals surface area contributed by atoms with Crippen LogP contribution in [-0.2, 0) is 20.9 Å². The van der Waals surface area contributed by atoms with Crippen LogP contribution in [-0.4, -0.2) is 60.5 Å². The maximum atomic E-state index is 12.9. The summed E-state index contributed by atoms with van der Waals surface area (Å²) in [5.41, 5.74) is 7.54. The van der Waals surface area contributed by atoms with Gasteiger partial charge in [0.1, 0.15) is 18.0 Å². The topological polar surface area (TPSA) is 97.5 Å². The molecule has 2 aliphatic rings. The predicted octanol–water partition coefficient (Wildman–Crippen LogP) is 2.57. The number of nitrogens with two attached hydrogens (primary N) is 1. The normalized spacial score (nSPS) is 16.5. The predicted molar refractivity (Wildman–Crippen MR) is 115 cm³/mol. The summed E-state index contributed by atoms with van der Waals surface area (Å²) in [6.45, 7) is 3.29. The van der Waals surface area contributed by atoms with E-state index in [9.17, 15) is 9.59 Å². The van der Waals surface area contributed by atoms with Gasteiger partial charge in [-0.05, 0) is 25.3 Å². The largest absolute Gasteiger partial charge is 0.481 e. The van der Waals surface area contributed by atoms with Gasteiger partial charge < -0.3 is 25.0 Å². The molecule has 1 heterocycles. The molecule has 0 unspecified atom stereocenters. The molecule has 3 rings (SSSR count). The molecule has 1 aliphatic carbocycles. The van der Waals surface area contributed by atoms with E-state index in [4.69, 9.17) is 15.2 Å². The molecule has 0 spiro atoms. The Morgan fingerprint density at radius 2 is 2.03 bits per heavy atom. The van der Waals surface area contributed by atoms with Crippen molar-refractivity contribution >= 4 is 23.5 Å². The summed E-state index contributed by atoms with van der Waals surface area (Å²) in [7, 11) is 1.34. The Morgan fingerprint density at radius 3 is 2.73 bits per heavy atom. The number of nitrogens with zero attached hydrogens (tertiary/aromatic N) is 3. The van der Waals surface area contributed by atoms with Gasteiger partial charge in [-0.1, -0.05) is 38.3 Å². The molecule has 1 fully saturated rings. The number of amides is 1. The summed E-state index contributed by atoms with van der Waals surface area (Å²) in [4.78, 5) is 32.6. The Hall–Kier alpha value is -2.77. The fraction of sp³-hybridized carbons (Fsp3) is 0.591. The van der Waals surface area contributed by atoms with Gasteiger partial charge in [-0.3, -0.25) is 9.59 Å². The average Bonchev–Trinajstić information content (AvgIpc) is 2.76. The first-order valence-corrected chi connectivity index (χ1v) is 10.7. The Morgan fingerprint density at radius 1 is 1.27 bits per heavy atom. The van der Waals surface area contributed by atoms with E-state index in [2.05, 4.69) is 11.9 Å². The molecule has 0 atom stereocenters. The molecular weight excluding hydrogens is 384 g/mol. The number of para-hydroxylation sites is 1. The van der Waals surface area contributed by atoms with Gasteiger partial charge in [0.2, 0.25) is 0 Å². The van der Waals surface area contributed by atoms with E-state index in [0.717, 1.165) is 31.4 Å². The second-order valence-corrected chi connectivity index (χ2v) is 7.83. The molecule has 164 valence electrons. The minimum absolute atomic E-state index is 0.0152. The fourth-order valence-corrected chi connectivity index (χ4v) is 4.13. The number of hydrogen-bond acceptors (Lipinski definition) is 7. The first-order chi connectivity index (χ1) is 14.5. The van der Waals surface area contributed by atoms with Crippen LogP contribution in [0.15, 0.2) is 23.2 Å². The van der Waals surface area contributed by atoms with E-state index >= 15 is 0 Å². The quantitative estimate of drug-likeness (QED) is 0.654. The van der Waals surface area contributed by atoms with Crippen molar-refractivity contribution in [1.82, 2.24) is 9.80 Å². The van der Waals surface area contributed by atoms with Crippen molar-refractivity contribution < 1.29 is 19.1 Å². The lowest BCUT2D eigenvalue weighted by molar-refractivity contribution is -0.141. The van der Waals surface area contributed by atoms with Crippen LogP contribution in [0.3, 0.4) is 0 Å². The van der Waals surface area contributed by atoms with Gasteiger partial charge in [-0.15, -0.1) is 0 Å². The molecule has 1 aromatic rings. The van der Waals surface area contributed by atoms with Crippen molar-refractivity contribution in [2.24, 2.45) is 10.7 Å². The zero-order chi connectivity index (χ0) is 21.5. The van der Waals surface area contributed by atoms with Crippen LogP contribution in [0.1, 0.15) is 51.0 Å². The lowest BCUT2D eigenvalue weighted by Gasteiger charge is -2.34. The molecule has 8 nitrogen and oxygen atoms in total. The van der Waals surface area contributed by atoms with Crippen LogP contribution in [0.4, 0.5) is 5.69 Å². The molecule has 0 aromatic heterocycles. The van der Waals surface area contributed by atoms with Gasteiger partial charge >= 0.3 is 5.97 Å². The SMILES string of the molecule is CCCN(C(=O)COc1cccc2c1N=C(N)N(CC(=O)OC)C2)C1CCCCC1. The van der Waals surface area contributed by atoms with Crippen LogP contribution in [0, 0.1) is 0 Å². The molecule has 1 aliphatic heterocycles. The molecule has 0 bridgehead atoms. The van der Waals surface area contributed by atoms with Gasteiger partial charge in [-0.25, -0.2) is 4.99 Å². The van der Waals surface area contributed by atoms with Crippen molar-refractivity contribution in [3.8, 4) is 5.75 Å². The minimum atomic E-state index is -0.381. The molecular formula is C22H32N4O4. The van der Waals surface area contributed by atoms with E-state index in [1.54, 1.807) is 11.0 Å². The Kier molecular flexibility index (Phi) is 7.54. The van der Waals surface area contributed by atoms with Crippen molar-refractivity contribution in [2.75, 3.05) is 26.8 Å². The summed E-state index contributed by atoms with van der Waals surface area (Å²) < 4.78 is 10.6. The maximum absolute atomic E-state index is 12.9. The van der Waals surface area contributed by atoms with Gasteiger partial charge in [0.05, 0.1) is 7.11 Å². The van der Waals surface area contributed by atoms with Crippen LogP contribution < -0.4 is 10.5 Å². The molecule has 1 amide bonds.